The van der Waals surface area contributed by atoms with Crippen molar-refractivity contribution in [2.75, 3.05) is 5.73 Å². The quantitative estimate of drug-likeness (QED) is 0.841. The third-order valence-electron chi connectivity index (χ3n) is 2.97. The maximum absolute atomic E-state index is 11.0. The molecule has 22 heavy (non-hydrogen) atoms. The molecule has 0 fully saturated rings. The standard InChI is InChI=1S/C17H18N4O/c1-12(21-13(2)22)9-15-6-3-14(4-7-15)5-8-16-10-19-17(18)20-11-16/h3-4,6-7,10-12H,9H2,1-2H3,(H,21,22)(H2,18,19,20). The van der Waals surface area contributed by atoms with Crippen LogP contribution in [0.3, 0.4) is 0 Å². The molecule has 1 amide bonds. The van der Waals surface area contributed by atoms with Crippen molar-refractivity contribution in [1.82, 2.24) is 15.3 Å². The van der Waals surface area contributed by atoms with Crippen molar-refractivity contribution < 1.29 is 4.79 Å². The fourth-order valence-electron chi connectivity index (χ4n) is 2.02. The van der Waals surface area contributed by atoms with Crippen LogP contribution in [0.15, 0.2) is 36.7 Å². The lowest BCUT2D eigenvalue weighted by Crippen LogP contribution is -2.31. The molecule has 0 aliphatic heterocycles. The summed E-state index contributed by atoms with van der Waals surface area (Å²) < 4.78 is 0. The molecule has 1 aromatic carbocycles. The van der Waals surface area contributed by atoms with Gasteiger partial charge in [-0.05, 0) is 31.0 Å². The maximum Gasteiger partial charge on any atom is 0.219 e. The van der Waals surface area contributed by atoms with Crippen molar-refractivity contribution in [2.45, 2.75) is 26.3 Å². The van der Waals surface area contributed by atoms with Gasteiger partial charge in [0.1, 0.15) is 0 Å². The Labute approximate surface area is 130 Å². The summed E-state index contributed by atoms with van der Waals surface area (Å²) in [5.41, 5.74) is 8.21. The van der Waals surface area contributed by atoms with Crippen LogP contribution in [0.4, 0.5) is 5.95 Å². The normalized spacial score (nSPS) is 11.2. The summed E-state index contributed by atoms with van der Waals surface area (Å²) in [5, 5.41) is 2.87. The molecular weight excluding hydrogens is 276 g/mol. The predicted octanol–water partition coefficient (Wildman–Crippen LogP) is 1.53. The molecule has 1 unspecified atom stereocenters. The minimum atomic E-state index is -0.0132. The van der Waals surface area contributed by atoms with Crippen LogP contribution < -0.4 is 11.1 Å². The summed E-state index contributed by atoms with van der Waals surface area (Å²) in [6, 6.07) is 8.06. The van der Waals surface area contributed by atoms with Gasteiger partial charge in [-0.25, -0.2) is 9.97 Å². The smallest absolute Gasteiger partial charge is 0.219 e. The molecule has 0 aliphatic carbocycles. The second-order valence-electron chi connectivity index (χ2n) is 5.08. The van der Waals surface area contributed by atoms with Gasteiger partial charge in [0.25, 0.3) is 0 Å². The van der Waals surface area contributed by atoms with E-state index in [4.69, 9.17) is 5.73 Å². The van der Waals surface area contributed by atoms with E-state index in [0.717, 1.165) is 23.1 Å². The Morgan fingerprint density at radius 1 is 1.18 bits per heavy atom. The highest BCUT2D eigenvalue weighted by Crippen LogP contribution is 2.06. The highest BCUT2D eigenvalue weighted by molar-refractivity contribution is 5.73. The Hall–Kier alpha value is -2.87. The predicted molar refractivity (Wildman–Crippen MR) is 85.8 cm³/mol. The number of carbonyl (C=O) groups excluding carboxylic acids is 1. The van der Waals surface area contributed by atoms with Crippen LogP contribution in [0.1, 0.15) is 30.5 Å². The topological polar surface area (TPSA) is 80.9 Å². The summed E-state index contributed by atoms with van der Waals surface area (Å²) in [7, 11) is 0. The Balaban J connectivity index is 2.00. The molecule has 3 N–H and O–H groups in total. The average molecular weight is 294 g/mol. The van der Waals surface area contributed by atoms with Gasteiger partial charge in [-0.15, -0.1) is 0 Å². The number of amides is 1. The van der Waals surface area contributed by atoms with Crippen LogP contribution in [0.2, 0.25) is 0 Å². The number of rotatable bonds is 3. The molecular formula is C17H18N4O. The minimum Gasteiger partial charge on any atom is -0.368 e. The number of nitrogens with zero attached hydrogens (tertiary/aromatic N) is 2. The van der Waals surface area contributed by atoms with Crippen LogP contribution in [-0.4, -0.2) is 21.9 Å². The van der Waals surface area contributed by atoms with Crippen LogP contribution in [0.25, 0.3) is 0 Å². The molecule has 2 rings (SSSR count). The monoisotopic (exact) mass is 294 g/mol. The van der Waals surface area contributed by atoms with E-state index in [-0.39, 0.29) is 17.9 Å². The van der Waals surface area contributed by atoms with Crippen molar-refractivity contribution in [3.05, 3.63) is 53.3 Å². The van der Waals surface area contributed by atoms with Crippen molar-refractivity contribution in [2.24, 2.45) is 0 Å². The van der Waals surface area contributed by atoms with Gasteiger partial charge in [0.05, 0.1) is 5.56 Å². The van der Waals surface area contributed by atoms with E-state index in [1.165, 1.54) is 6.92 Å². The van der Waals surface area contributed by atoms with Crippen LogP contribution >= 0.6 is 0 Å². The van der Waals surface area contributed by atoms with Gasteiger partial charge in [-0.2, -0.15) is 0 Å². The third kappa shape index (κ3) is 4.91. The molecule has 2 aromatic rings. The van der Waals surface area contributed by atoms with Gasteiger partial charge in [-0.3, -0.25) is 4.79 Å². The molecule has 0 aliphatic rings. The van der Waals surface area contributed by atoms with E-state index in [1.807, 2.05) is 31.2 Å². The zero-order valence-corrected chi connectivity index (χ0v) is 12.6. The first-order chi connectivity index (χ1) is 10.5. The van der Waals surface area contributed by atoms with Crippen LogP contribution in [0.5, 0.6) is 0 Å². The number of anilines is 1. The molecule has 0 spiro atoms. The summed E-state index contributed by atoms with van der Waals surface area (Å²) in [5.74, 6) is 6.27. The number of nitrogen functional groups attached to an aromatic ring is 1. The molecule has 0 saturated heterocycles. The minimum absolute atomic E-state index is 0.0132. The highest BCUT2D eigenvalue weighted by Gasteiger charge is 2.04. The Kier molecular flexibility index (Phi) is 5.10. The Morgan fingerprint density at radius 3 is 2.36 bits per heavy atom. The number of aromatic nitrogens is 2. The fraction of sp³-hybridized carbons (Fsp3) is 0.235. The fourth-order valence-corrected chi connectivity index (χ4v) is 2.02. The Morgan fingerprint density at radius 2 is 1.77 bits per heavy atom. The van der Waals surface area contributed by atoms with Crippen molar-refractivity contribution in [1.29, 1.82) is 0 Å². The molecule has 1 heterocycles. The third-order valence-corrected chi connectivity index (χ3v) is 2.97. The van der Waals surface area contributed by atoms with E-state index in [2.05, 4.69) is 27.1 Å². The summed E-state index contributed by atoms with van der Waals surface area (Å²) in [6.07, 6.45) is 3.98. The van der Waals surface area contributed by atoms with Gasteiger partial charge in [0, 0.05) is 30.9 Å². The van der Waals surface area contributed by atoms with E-state index in [1.54, 1.807) is 12.4 Å². The van der Waals surface area contributed by atoms with E-state index >= 15 is 0 Å². The lowest BCUT2D eigenvalue weighted by molar-refractivity contribution is -0.119. The molecule has 0 saturated carbocycles. The zero-order valence-electron chi connectivity index (χ0n) is 12.6. The maximum atomic E-state index is 11.0. The van der Waals surface area contributed by atoms with E-state index in [9.17, 15) is 4.79 Å². The van der Waals surface area contributed by atoms with Crippen molar-refractivity contribution >= 4 is 11.9 Å². The number of hydrogen-bond donors (Lipinski definition) is 2. The second-order valence-corrected chi connectivity index (χ2v) is 5.08. The number of nitrogens with one attached hydrogen (secondary N) is 1. The van der Waals surface area contributed by atoms with E-state index < -0.39 is 0 Å². The highest BCUT2D eigenvalue weighted by atomic mass is 16.1. The summed E-state index contributed by atoms with van der Waals surface area (Å²) >= 11 is 0. The first kappa shape index (κ1) is 15.5. The number of nitrogens with two attached hydrogens (primary N) is 1. The molecule has 1 aromatic heterocycles. The first-order valence-corrected chi connectivity index (χ1v) is 6.98. The Bertz CT molecular complexity index is 696. The SMILES string of the molecule is CC(=O)NC(C)Cc1ccc(C#Cc2cnc(N)nc2)cc1. The first-order valence-electron chi connectivity index (χ1n) is 6.98. The molecule has 0 radical (unpaired) electrons. The van der Waals surface area contributed by atoms with E-state index in [0.29, 0.717) is 0 Å². The van der Waals surface area contributed by atoms with Gasteiger partial charge in [0.2, 0.25) is 11.9 Å². The van der Waals surface area contributed by atoms with Crippen molar-refractivity contribution in [3.63, 3.8) is 0 Å². The second kappa shape index (κ2) is 7.23. The number of benzene rings is 1. The summed E-state index contributed by atoms with van der Waals surface area (Å²) in [6.45, 7) is 3.51. The molecule has 112 valence electrons. The molecule has 0 bridgehead atoms. The average Bonchev–Trinajstić information content (AvgIpc) is 2.47. The summed E-state index contributed by atoms with van der Waals surface area (Å²) in [4.78, 5) is 18.8. The van der Waals surface area contributed by atoms with Crippen LogP contribution in [-0.2, 0) is 11.2 Å². The largest absolute Gasteiger partial charge is 0.368 e. The number of hydrogen-bond acceptors (Lipinski definition) is 4. The lowest BCUT2D eigenvalue weighted by atomic mass is 10.1. The molecule has 5 nitrogen and oxygen atoms in total. The number of carbonyl (C=O) groups is 1. The van der Waals surface area contributed by atoms with Crippen LogP contribution in [0, 0.1) is 11.8 Å². The molecule has 5 heteroatoms. The molecule has 1 atom stereocenters. The van der Waals surface area contributed by atoms with Gasteiger partial charge < -0.3 is 11.1 Å². The zero-order chi connectivity index (χ0) is 15.9. The van der Waals surface area contributed by atoms with Gasteiger partial charge in [0.15, 0.2) is 0 Å². The van der Waals surface area contributed by atoms with Crippen molar-refractivity contribution in [3.8, 4) is 11.8 Å². The van der Waals surface area contributed by atoms with Gasteiger partial charge in [-0.1, -0.05) is 24.0 Å². The lowest BCUT2D eigenvalue weighted by Gasteiger charge is -2.12. The van der Waals surface area contributed by atoms with Gasteiger partial charge >= 0.3 is 0 Å².